The number of hydrogen-bond donors (Lipinski definition) is 1. The van der Waals surface area contributed by atoms with Gasteiger partial charge in [0, 0.05) is 12.1 Å². The van der Waals surface area contributed by atoms with Crippen molar-refractivity contribution in [3.05, 3.63) is 64.5 Å². The van der Waals surface area contributed by atoms with Gasteiger partial charge in [0.15, 0.2) is 5.16 Å². The van der Waals surface area contributed by atoms with E-state index in [4.69, 9.17) is 0 Å². The number of halogens is 2. The molecule has 1 aromatic heterocycles. The van der Waals surface area contributed by atoms with Crippen LogP contribution in [0.5, 0.6) is 0 Å². The Bertz CT molecular complexity index is 1250. The van der Waals surface area contributed by atoms with Gasteiger partial charge in [-0.1, -0.05) is 50.6 Å². The lowest BCUT2D eigenvalue weighted by molar-refractivity contribution is -0.121. The summed E-state index contributed by atoms with van der Waals surface area (Å²) in [6.07, 6.45) is 3.18. The molecule has 1 aliphatic carbocycles. The molecule has 2 aromatic carbocycles. The molecule has 1 heterocycles. The fourth-order valence-corrected chi connectivity index (χ4v) is 5.29. The minimum absolute atomic E-state index is 0.102. The zero-order valence-electron chi connectivity index (χ0n) is 18.8. The van der Waals surface area contributed by atoms with E-state index in [1.165, 1.54) is 6.07 Å². The fraction of sp³-hybridized carbons (Fsp3) is 0.400. The highest BCUT2D eigenvalue weighted by Gasteiger charge is 2.30. The van der Waals surface area contributed by atoms with Crippen LogP contribution in [0.25, 0.3) is 16.6 Å². The number of nitrogens with zero attached hydrogens (tertiary/aromatic N) is 2. The molecule has 0 bridgehead atoms. The van der Waals surface area contributed by atoms with E-state index in [2.05, 4.69) is 24.1 Å². The molecular weight excluding hydrogens is 444 g/mol. The highest BCUT2D eigenvalue weighted by Crippen LogP contribution is 2.31. The predicted molar refractivity (Wildman–Crippen MR) is 127 cm³/mol. The first-order valence-corrected chi connectivity index (χ1v) is 12.1. The average Bonchev–Trinajstić information content (AvgIpc) is 2.78. The molecule has 0 saturated heterocycles. The maximum atomic E-state index is 14.7. The Kier molecular flexibility index (Phi) is 6.83. The Balaban J connectivity index is 1.69. The van der Waals surface area contributed by atoms with Crippen LogP contribution >= 0.6 is 11.8 Å². The third-order valence-electron chi connectivity index (χ3n) is 6.58. The number of para-hydroxylation sites is 1. The first-order valence-electron chi connectivity index (χ1n) is 11.2. The van der Waals surface area contributed by atoms with E-state index in [0.717, 1.165) is 47.7 Å². The molecule has 1 aliphatic rings. The number of thioether (sulfide) groups is 1. The van der Waals surface area contributed by atoms with E-state index in [1.54, 1.807) is 31.2 Å². The number of fused-ring (bicyclic) bond motifs is 1. The summed E-state index contributed by atoms with van der Waals surface area (Å²) in [5.74, 6) is -0.848. The Morgan fingerprint density at radius 2 is 1.94 bits per heavy atom. The van der Waals surface area contributed by atoms with Crippen molar-refractivity contribution in [2.75, 3.05) is 0 Å². The molecule has 5 nitrogen and oxygen atoms in total. The van der Waals surface area contributed by atoms with Gasteiger partial charge < -0.3 is 5.32 Å². The Morgan fingerprint density at radius 3 is 2.70 bits per heavy atom. The van der Waals surface area contributed by atoms with Crippen LogP contribution in [0.15, 0.2) is 52.4 Å². The quantitative estimate of drug-likeness (QED) is 0.416. The zero-order chi connectivity index (χ0) is 23.7. The second-order valence-electron chi connectivity index (χ2n) is 8.79. The lowest BCUT2D eigenvalue weighted by Crippen LogP contribution is -2.46. The Hall–Kier alpha value is -2.74. The van der Waals surface area contributed by atoms with Crippen LogP contribution in [0.4, 0.5) is 8.78 Å². The third-order valence-corrected chi connectivity index (χ3v) is 7.63. The standard InChI is InChI=1S/C25H27F2N3O2S/c1-14-7-6-10-20(15(14)2)28-23(31)16(3)33-25-29-21-9-5-4-8-18(21)24(32)30(25)22-12-11-17(26)13-19(22)27/h4-5,8-9,11-16,20H,6-7,10H2,1-3H3,(H,28,31)/t14-,15+,16-,20+/m1/s1. The topological polar surface area (TPSA) is 64.0 Å². The first-order chi connectivity index (χ1) is 15.8. The van der Waals surface area contributed by atoms with Crippen LogP contribution in [-0.2, 0) is 4.79 Å². The Morgan fingerprint density at radius 1 is 1.18 bits per heavy atom. The number of carbonyl (C=O) groups excluding carboxylic acids is 1. The first kappa shape index (κ1) is 23.4. The lowest BCUT2D eigenvalue weighted by Gasteiger charge is -2.35. The molecule has 1 saturated carbocycles. The molecule has 0 unspecified atom stereocenters. The second kappa shape index (κ2) is 9.63. The molecule has 1 fully saturated rings. The SMILES string of the molecule is C[C@H]1[C@H](C)CCC[C@@H]1NC(=O)[C@@H](C)Sc1nc2ccccc2c(=O)n1-c1ccc(F)cc1F. The maximum Gasteiger partial charge on any atom is 0.266 e. The maximum absolute atomic E-state index is 14.7. The largest absolute Gasteiger partial charge is 0.352 e. The highest BCUT2D eigenvalue weighted by molar-refractivity contribution is 8.00. The number of amides is 1. The highest BCUT2D eigenvalue weighted by atomic mass is 32.2. The van der Waals surface area contributed by atoms with Gasteiger partial charge in [0.05, 0.1) is 21.8 Å². The van der Waals surface area contributed by atoms with Crippen molar-refractivity contribution in [3.63, 3.8) is 0 Å². The Labute approximate surface area is 195 Å². The smallest absolute Gasteiger partial charge is 0.266 e. The van der Waals surface area contributed by atoms with Crippen molar-refractivity contribution in [2.24, 2.45) is 11.8 Å². The van der Waals surface area contributed by atoms with Crippen LogP contribution in [0, 0.1) is 23.5 Å². The minimum atomic E-state index is -0.877. The van der Waals surface area contributed by atoms with Crippen molar-refractivity contribution in [1.29, 1.82) is 0 Å². The van der Waals surface area contributed by atoms with E-state index >= 15 is 0 Å². The summed E-state index contributed by atoms with van der Waals surface area (Å²) in [5, 5.41) is 3.07. The second-order valence-corrected chi connectivity index (χ2v) is 10.1. The molecule has 1 amide bonds. The molecule has 0 radical (unpaired) electrons. The van der Waals surface area contributed by atoms with Gasteiger partial charge >= 0.3 is 0 Å². The van der Waals surface area contributed by atoms with Gasteiger partial charge in [0.1, 0.15) is 11.6 Å². The number of aromatic nitrogens is 2. The monoisotopic (exact) mass is 471 g/mol. The molecule has 8 heteroatoms. The lowest BCUT2D eigenvalue weighted by atomic mass is 9.78. The molecule has 0 aliphatic heterocycles. The van der Waals surface area contributed by atoms with Crippen molar-refractivity contribution >= 4 is 28.6 Å². The van der Waals surface area contributed by atoms with Crippen LogP contribution < -0.4 is 10.9 Å². The van der Waals surface area contributed by atoms with Gasteiger partial charge in [-0.05, 0) is 49.4 Å². The van der Waals surface area contributed by atoms with Gasteiger partial charge in [-0.2, -0.15) is 0 Å². The number of rotatable bonds is 5. The van der Waals surface area contributed by atoms with Gasteiger partial charge in [-0.25, -0.2) is 13.8 Å². The van der Waals surface area contributed by atoms with E-state index in [-0.39, 0.29) is 22.8 Å². The minimum Gasteiger partial charge on any atom is -0.352 e. The van der Waals surface area contributed by atoms with Crippen LogP contribution in [-0.4, -0.2) is 26.8 Å². The van der Waals surface area contributed by atoms with Gasteiger partial charge in [-0.3, -0.25) is 14.2 Å². The molecule has 3 aromatic rings. The summed E-state index contributed by atoms with van der Waals surface area (Å²) in [6.45, 7) is 6.10. The van der Waals surface area contributed by atoms with Gasteiger partial charge in [-0.15, -0.1) is 0 Å². The van der Waals surface area contributed by atoms with Crippen molar-refractivity contribution in [1.82, 2.24) is 14.9 Å². The van der Waals surface area contributed by atoms with Crippen molar-refractivity contribution in [3.8, 4) is 5.69 Å². The van der Waals surface area contributed by atoms with Crippen LogP contribution in [0.3, 0.4) is 0 Å². The van der Waals surface area contributed by atoms with Crippen molar-refractivity contribution in [2.45, 2.75) is 56.5 Å². The molecule has 4 rings (SSSR count). The average molecular weight is 472 g/mol. The summed E-state index contributed by atoms with van der Waals surface area (Å²) >= 11 is 1.09. The summed E-state index contributed by atoms with van der Waals surface area (Å²) in [6, 6.07) is 9.90. The van der Waals surface area contributed by atoms with Gasteiger partial charge in [0.25, 0.3) is 5.56 Å². The number of nitrogens with one attached hydrogen (secondary N) is 1. The van der Waals surface area contributed by atoms with Crippen LogP contribution in [0.1, 0.15) is 40.0 Å². The van der Waals surface area contributed by atoms with E-state index < -0.39 is 22.4 Å². The van der Waals surface area contributed by atoms with E-state index in [1.807, 2.05) is 0 Å². The molecule has 1 N–H and O–H groups in total. The van der Waals surface area contributed by atoms with E-state index in [0.29, 0.717) is 22.7 Å². The predicted octanol–water partition coefficient (Wildman–Crippen LogP) is 5.09. The summed E-state index contributed by atoms with van der Waals surface area (Å²) in [4.78, 5) is 30.8. The number of benzene rings is 2. The zero-order valence-corrected chi connectivity index (χ0v) is 19.7. The van der Waals surface area contributed by atoms with Crippen molar-refractivity contribution < 1.29 is 13.6 Å². The van der Waals surface area contributed by atoms with E-state index in [9.17, 15) is 18.4 Å². The summed E-state index contributed by atoms with van der Waals surface area (Å²) < 4.78 is 29.3. The fourth-order valence-electron chi connectivity index (χ4n) is 4.36. The molecule has 4 atom stereocenters. The molecule has 0 spiro atoms. The van der Waals surface area contributed by atoms with Crippen LogP contribution in [0.2, 0.25) is 0 Å². The number of hydrogen-bond acceptors (Lipinski definition) is 4. The normalized spacial score (nSPS) is 21.7. The molecular formula is C25H27F2N3O2S. The summed E-state index contributed by atoms with van der Waals surface area (Å²) in [5.41, 5.74) is -0.133. The summed E-state index contributed by atoms with van der Waals surface area (Å²) in [7, 11) is 0. The number of carbonyl (C=O) groups is 1. The molecule has 174 valence electrons. The molecule has 33 heavy (non-hydrogen) atoms. The van der Waals surface area contributed by atoms with Gasteiger partial charge in [0.2, 0.25) is 5.91 Å². The third kappa shape index (κ3) is 4.81.